The van der Waals surface area contributed by atoms with Gasteiger partial charge < -0.3 is 9.88 Å². The van der Waals surface area contributed by atoms with Gasteiger partial charge in [-0.15, -0.1) is 6.58 Å². The van der Waals surface area contributed by atoms with E-state index >= 15 is 0 Å². The molecular formula is C13H14F3N3. The number of nitrogens with one attached hydrogen (secondary N) is 1. The molecule has 1 aromatic carbocycles. The van der Waals surface area contributed by atoms with Crippen molar-refractivity contribution in [2.75, 3.05) is 6.54 Å². The maximum absolute atomic E-state index is 12.6. The summed E-state index contributed by atoms with van der Waals surface area (Å²) >= 11 is 0. The van der Waals surface area contributed by atoms with Crippen LogP contribution in [0.1, 0.15) is 11.4 Å². The van der Waals surface area contributed by atoms with Crippen molar-refractivity contribution in [3.8, 4) is 0 Å². The lowest BCUT2D eigenvalue weighted by atomic mass is 10.2. The van der Waals surface area contributed by atoms with Gasteiger partial charge in [0.25, 0.3) is 0 Å². The van der Waals surface area contributed by atoms with Gasteiger partial charge in [0.05, 0.1) is 23.1 Å². The SMILES string of the molecule is C=CCNCc1nc2cc(C(F)(F)F)ccc2n1C. The molecule has 3 nitrogen and oxygen atoms in total. The highest BCUT2D eigenvalue weighted by atomic mass is 19.4. The molecule has 0 spiro atoms. The summed E-state index contributed by atoms with van der Waals surface area (Å²) in [6.07, 6.45) is -2.63. The number of aromatic nitrogens is 2. The van der Waals surface area contributed by atoms with E-state index in [1.807, 2.05) is 0 Å². The van der Waals surface area contributed by atoms with Crippen LogP contribution in [0.15, 0.2) is 30.9 Å². The van der Waals surface area contributed by atoms with Gasteiger partial charge in [0.15, 0.2) is 0 Å². The molecular weight excluding hydrogens is 255 g/mol. The molecule has 0 radical (unpaired) electrons. The molecule has 0 saturated heterocycles. The van der Waals surface area contributed by atoms with Gasteiger partial charge in [-0.2, -0.15) is 13.2 Å². The predicted octanol–water partition coefficient (Wildman–Crippen LogP) is 2.87. The van der Waals surface area contributed by atoms with Gasteiger partial charge in [-0.3, -0.25) is 0 Å². The third-order valence-corrected chi connectivity index (χ3v) is 2.87. The summed E-state index contributed by atoms with van der Waals surface area (Å²) in [4.78, 5) is 4.22. The molecule has 0 saturated carbocycles. The predicted molar refractivity (Wildman–Crippen MR) is 67.6 cm³/mol. The lowest BCUT2D eigenvalue weighted by Gasteiger charge is -2.06. The molecule has 2 rings (SSSR count). The number of aryl methyl sites for hydroxylation is 1. The molecule has 2 aromatic rings. The average Bonchev–Trinajstić information content (AvgIpc) is 2.65. The molecule has 0 aliphatic rings. The van der Waals surface area contributed by atoms with Gasteiger partial charge >= 0.3 is 6.18 Å². The van der Waals surface area contributed by atoms with Crippen LogP contribution in [-0.4, -0.2) is 16.1 Å². The Morgan fingerprint density at radius 3 is 2.79 bits per heavy atom. The van der Waals surface area contributed by atoms with Crippen LogP contribution in [0, 0.1) is 0 Å². The van der Waals surface area contributed by atoms with Crippen LogP contribution in [0.2, 0.25) is 0 Å². The third-order valence-electron chi connectivity index (χ3n) is 2.87. The van der Waals surface area contributed by atoms with Crippen LogP contribution in [0.4, 0.5) is 13.2 Å². The highest BCUT2D eigenvalue weighted by molar-refractivity contribution is 5.77. The van der Waals surface area contributed by atoms with Crippen molar-refractivity contribution < 1.29 is 13.2 Å². The first-order valence-electron chi connectivity index (χ1n) is 5.77. The van der Waals surface area contributed by atoms with Gasteiger partial charge in [0, 0.05) is 13.6 Å². The summed E-state index contributed by atoms with van der Waals surface area (Å²) in [6, 6.07) is 3.60. The highest BCUT2D eigenvalue weighted by Gasteiger charge is 2.30. The number of benzene rings is 1. The summed E-state index contributed by atoms with van der Waals surface area (Å²) in [5.41, 5.74) is 0.361. The van der Waals surface area contributed by atoms with Gasteiger partial charge in [-0.25, -0.2) is 4.98 Å². The second-order valence-corrected chi connectivity index (χ2v) is 4.21. The monoisotopic (exact) mass is 269 g/mol. The molecule has 0 bridgehead atoms. The third kappa shape index (κ3) is 2.78. The summed E-state index contributed by atoms with van der Waals surface area (Å²) in [7, 11) is 1.79. The maximum Gasteiger partial charge on any atom is 0.416 e. The summed E-state index contributed by atoms with van der Waals surface area (Å²) in [5.74, 6) is 0.691. The number of hydrogen-bond acceptors (Lipinski definition) is 2. The number of hydrogen-bond donors (Lipinski definition) is 1. The van der Waals surface area contributed by atoms with Crippen molar-refractivity contribution >= 4 is 11.0 Å². The molecule has 1 aromatic heterocycles. The second-order valence-electron chi connectivity index (χ2n) is 4.21. The first-order chi connectivity index (χ1) is 8.93. The first-order valence-corrected chi connectivity index (χ1v) is 5.77. The Morgan fingerprint density at radius 1 is 1.42 bits per heavy atom. The van der Waals surface area contributed by atoms with Crippen molar-refractivity contribution in [2.45, 2.75) is 12.7 Å². The zero-order chi connectivity index (χ0) is 14.0. The van der Waals surface area contributed by atoms with Crippen LogP contribution in [0.25, 0.3) is 11.0 Å². The fourth-order valence-corrected chi connectivity index (χ4v) is 1.87. The lowest BCUT2D eigenvalue weighted by Crippen LogP contribution is -2.15. The minimum Gasteiger partial charge on any atom is -0.330 e. The van der Waals surface area contributed by atoms with E-state index in [0.717, 1.165) is 12.1 Å². The molecule has 6 heteroatoms. The molecule has 19 heavy (non-hydrogen) atoms. The maximum atomic E-state index is 12.6. The Bertz CT molecular complexity index is 599. The minimum atomic E-state index is -4.34. The topological polar surface area (TPSA) is 29.9 Å². The Balaban J connectivity index is 2.36. The van der Waals surface area contributed by atoms with Crippen molar-refractivity contribution in [3.63, 3.8) is 0 Å². The average molecular weight is 269 g/mol. The van der Waals surface area contributed by atoms with Crippen LogP contribution < -0.4 is 5.32 Å². The van der Waals surface area contributed by atoms with Crippen LogP contribution >= 0.6 is 0 Å². The normalized spacial score (nSPS) is 12.0. The van der Waals surface area contributed by atoms with E-state index in [0.29, 0.717) is 29.9 Å². The van der Waals surface area contributed by atoms with Crippen LogP contribution in [-0.2, 0) is 19.8 Å². The van der Waals surface area contributed by atoms with Crippen molar-refractivity contribution in [1.82, 2.24) is 14.9 Å². The van der Waals surface area contributed by atoms with Crippen LogP contribution in [0.5, 0.6) is 0 Å². The Kier molecular flexibility index (Phi) is 3.61. The van der Waals surface area contributed by atoms with Crippen molar-refractivity contribution in [3.05, 3.63) is 42.2 Å². The zero-order valence-corrected chi connectivity index (χ0v) is 10.5. The number of rotatable bonds is 4. The van der Waals surface area contributed by atoms with E-state index in [1.54, 1.807) is 17.7 Å². The van der Waals surface area contributed by atoms with E-state index in [2.05, 4.69) is 16.9 Å². The summed E-state index contributed by atoms with van der Waals surface area (Å²) in [5, 5.41) is 3.07. The van der Waals surface area contributed by atoms with E-state index in [-0.39, 0.29) is 0 Å². The van der Waals surface area contributed by atoms with Gasteiger partial charge in [0.2, 0.25) is 0 Å². The van der Waals surface area contributed by atoms with Crippen molar-refractivity contribution in [2.24, 2.45) is 7.05 Å². The molecule has 0 fully saturated rings. The fraction of sp³-hybridized carbons (Fsp3) is 0.308. The van der Waals surface area contributed by atoms with Gasteiger partial charge in [-0.05, 0) is 18.2 Å². The molecule has 0 aliphatic heterocycles. The Morgan fingerprint density at radius 2 is 2.16 bits per heavy atom. The molecule has 1 heterocycles. The van der Waals surface area contributed by atoms with Gasteiger partial charge in [0.1, 0.15) is 5.82 Å². The number of halogens is 3. The van der Waals surface area contributed by atoms with Crippen LogP contribution in [0.3, 0.4) is 0 Å². The minimum absolute atomic E-state index is 0.354. The highest BCUT2D eigenvalue weighted by Crippen LogP contribution is 2.31. The number of imidazole rings is 1. The smallest absolute Gasteiger partial charge is 0.330 e. The first kappa shape index (κ1) is 13.6. The van der Waals surface area contributed by atoms with E-state index in [1.165, 1.54) is 6.07 Å². The molecule has 0 amide bonds. The largest absolute Gasteiger partial charge is 0.416 e. The summed E-state index contributed by atoms with van der Waals surface area (Å²) in [6.45, 7) is 4.69. The standard InChI is InChI=1S/C13H14F3N3/c1-3-6-17-8-12-18-10-7-9(13(14,15)16)4-5-11(10)19(12)2/h3-5,7,17H,1,6,8H2,2H3. The number of nitrogens with zero attached hydrogens (tertiary/aromatic N) is 2. The lowest BCUT2D eigenvalue weighted by molar-refractivity contribution is -0.137. The van der Waals surface area contributed by atoms with Crippen molar-refractivity contribution in [1.29, 1.82) is 0 Å². The quantitative estimate of drug-likeness (QED) is 0.683. The molecule has 0 unspecified atom stereocenters. The Labute approximate surface area is 108 Å². The number of alkyl halides is 3. The van der Waals surface area contributed by atoms with E-state index < -0.39 is 11.7 Å². The van der Waals surface area contributed by atoms with E-state index in [9.17, 15) is 13.2 Å². The second kappa shape index (κ2) is 5.05. The summed E-state index contributed by atoms with van der Waals surface area (Å²) < 4.78 is 39.6. The molecule has 0 atom stereocenters. The van der Waals surface area contributed by atoms with Gasteiger partial charge in [-0.1, -0.05) is 6.08 Å². The molecule has 1 N–H and O–H groups in total. The van der Waals surface area contributed by atoms with E-state index in [4.69, 9.17) is 0 Å². The zero-order valence-electron chi connectivity index (χ0n) is 10.5. The molecule has 102 valence electrons. The Hall–Kier alpha value is -1.82. The fourth-order valence-electron chi connectivity index (χ4n) is 1.87. The number of fused-ring (bicyclic) bond motifs is 1. The molecule has 0 aliphatic carbocycles.